The predicted octanol–water partition coefficient (Wildman–Crippen LogP) is 4.09. The first-order valence-corrected chi connectivity index (χ1v) is 11.0. The summed E-state index contributed by atoms with van der Waals surface area (Å²) >= 11 is 0. The van der Waals surface area contributed by atoms with E-state index in [0.717, 1.165) is 43.4 Å². The molecule has 1 aromatic carbocycles. The number of carbonyl (C=O) groups excluding carboxylic acids is 1. The average molecular weight is 369 g/mol. The van der Waals surface area contributed by atoms with Crippen molar-refractivity contribution in [3.63, 3.8) is 0 Å². The molecule has 3 unspecified atom stereocenters. The lowest BCUT2D eigenvalue weighted by molar-refractivity contribution is -0.129. The van der Waals surface area contributed by atoms with Crippen molar-refractivity contribution >= 4 is 5.91 Å². The molecule has 0 saturated heterocycles. The van der Waals surface area contributed by atoms with Gasteiger partial charge in [-0.05, 0) is 69.3 Å². The highest BCUT2D eigenvalue weighted by atomic mass is 16.5. The molecule has 3 fully saturated rings. The van der Waals surface area contributed by atoms with E-state index in [0.29, 0.717) is 17.9 Å². The first-order valence-electron chi connectivity index (χ1n) is 11.0. The van der Waals surface area contributed by atoms with Crippen molar-refractivity contribution in [1.82, 2.24) is 5.32 Å². The lowest BCUT2D eigenvalue weighted by Gasteiger charge is -2.44. The van der Waals surface area contributed by atoms with Crippen molar-refractivity contribution < 1.29 is 9.53 Å². The number of fused-ring (bicyclic) bond motifs is 3. The normalized spacial score (nSPS) is 36.7. The van der Waals surface area contributed by atoms with E-state index in [1.165, 1.54) is 32.1 Å². The van der Waals surface area contributed by atoms with Gasteiger partial charge < -0.3 is 15.8 Å². The van der Waals surface area contributed by atoms with Crippen LogP contribution in [0.2, 0.25) is 0 Å². The van der Waals surface area contributed by atoms with Crippen LogP contribution in [0.25, 0.3) is 0 Å². The predicted molar refractivity (Wildman–Crippen MR) is 105 cm³/mol. The van der Waals surface area contributed by atoms with Gasteiger partial charge in [0.1, 0.15) is 11.4 Å². The number of rotatable bonds is 2. The summed E-state index contributed by atoms with van der Waals surface area (Å²) in [5.74, 6) is 2.43. The van der Waals surface area contributed by atoms with E-state index in [4.69, 9.17) is 10.5 Å². The number of nitrogens with one attached hydrogen (secondary N) is 1. The molecule has 1 aromatic rings. The summed E-state index contributed by atoms with van der Waals surface area (Å²) in [6.07, 6.45) is 11.2. The zero-order valence-electron chi connectivity index (χ0n) is 16.2. The molecule has 1 aliphatic heterocycles. The van der Waals surface area contributed by atoms with Crippen LogP contribution in [0.1, 0.15) is 75.8 Å². The molecule has 5 rings (SSSR count). The fraction of sp³-hybridized carbons (Fsp3) is 0.696. The number of amides is 1. The molecule has 1 heterocycles. The Morgan fingerprint density at radius 2 is 1.78 bits per heavy atom. The van der Waals surface area contributed by atoms with Crippen molar-refractivity contribution in [2.24, 2.45) is 23.5 Å². The number of hydrogen-bond acceptors (Lipinski definition) is 3. The summed E-state index contributed by atoms with van der Waals surface area (Å²) in [6, 6.07) is 8.67. The molecular weight excluding hydrogens is 336 g/mol. The van der Waals surface area contributed by atoms with Gasteiger partial charge in [0.15, 0.2) is 0 Å². The van der Waals surface area contributed by atoms with E-state index in [1.807, 2.05) is 6.07 Å². The smallest absolute Gasteiger partial charge is 0.223 e. The van der Waals surface area contributed by atoms with E-state index >= 15 is 0 Å². The third-order valence-corrected chi connectivity index (χ3v) is 7.81. The van der Waals surface area contributed by atoms with Gasteiger partial charge in [-0.15, -0.1) is 0 Å². The topological polar surface area (TPSA) is 64.4 Å². The first-order chi connectivity index (χ1) is 13.1. The summed E-state index contributed by atoms with van der Waals surface area (Å²) in [6.45, 7) is 0. The fourth-order valence-corrected chi connectivity index (χ4v) is 6.37. The summed E-state index contributed by atoms with van der Waals surface area (Å²) < 4.78 is 6.44. The lowest BCUT2D eigenvalue weighted by Crippen LogP contribution is -2.50. The Kier molecular flexibility index (Phi) is 4.42. The molecule has 146 valence electrons. The number of ether oxygens (including phenoxy) is 1. The molecule has 1 amide bonds. The molecule has 4 heteroatoms. The molecule has 0 radical (unpaired) electrons. The highest BCUT2D eigenvalue weighted by molar-refractivity contribution is 5.79. The Morgan fingerprint density at radius 1 is 1.07 bits per heavy atom. The molecule has 2 bridgehead atoms. The van der Waals surface area contributed by atoms with Crippen LogP contribution in [0.15, 0.2) is 24.3 Å². The van der Waals surface area contributed by atoms with Gasteiger partial charge in [-0.25, -0.2) is 0 Å². The van der Waals surface area contributed by atoms with Gasteiger partial charge in [0.05, 0.1) is 6.04 Å². The van der Waals surface area contributed by atoms with Crippen LogP contribution in [0.3, 0.4) is 0 Å². The highest BCUT2D eigenvalue weighted by Crippen LogP contribution is 2.47. The lowest BCUT2D eigenvalue weighted by atomic mass is 9.65. The number of benzene rings is 1. The maximum Gasteiger partial charge on any atom is 0.223 e. The van der Waals surface area contributed by atoms with Crippen LogP contribution in [0.5, 0.6) is 5.75 Å². The van der Waals surface area contributed by atoms with Gasteiger partial charge in [0, 0.05) is 23.9 Å². The Bertz CT molecular complexity index is 698. The van der Waals surface area contributed by atoms with Gasteiger partial charge in [-0.2, -0.15) is 0 Å². The second-order valence-corrected chi connectivity index (χ2v) is 9.49. The molecule has 4 aliphatic rings. The molecule has 1 spiro atoms. The Labute approximate surface area is 162 Å². The molecule has 3 aliphatic carbocycles. The minimum atomic E-state index is -0.0717. The van der Waals surface area contributed by atoms with Crippen LogP contribution in [0.4, 0.5) is 0 Å². The van der Waals surface area contributed by atoms with Crippen molar-refractivity contribution in [2.45, 2.75) is 81.9 Å². The van der Waals surface area contributed by atoms with E-state index < -0.39 is 0 Å². The third kappa shape index (κ3) is 3.16. The summed E-state index contributed by atoms with van der Waals surface area (Å²) in [5.41, 5.74) is 7.50. The third-order valence-electron chi connectivity index (χ3n) is 7.81. The Morgan fingerprint density at radius 3 is 2.52 bits per heavy atom. The number of nitrogens with two attached hydrogens (primary N) is 1. The van der Waals surface area contributed by atoms with Gasteiger partial charge in [-0.1, -0.05) is 24.6 Å². The second kappa shape index (κ2) is 6.80. The van der Waals surface area contributed by atoms with Crippen LogP contribution < -0.4 is 15.8 Å². The largest absolute Gasteiger partial charge is 0.487 e. The summed E-state index contributed by atoms with van der Waals surface area (Å²) in [4.78, 5) is 13.2. The molecule has 3 saturated carbocycles. The summed E-state index contributed by atoms with van der Waals surface area (Å²) in [5, 5.41) is 3.44. The van der Waals surface area contributed by atoms with Gasteiger partial charge >= 0.3 is 0 Å². The SMILES string of the molecule is NC1C2CCCC1CC(C(=O)NC1CC3(CCCC3)Oc3ccccc31)C2. The zero-order chi connectivity index (χ0) is 18.4. The molecule has 3 N–H and O–H groups in total. The van der Waals surface area contributed by atoms with E-state index in [1.54, 1.807) is 0 Å². The molecular formula is C23H32N2O2. The standard InChI is InChI=1S/C23H32N2O2/c24-21-15-6-5-7-16(21)13-17(12-15)22(26)25-19-14-23(10-3-4-11-23)27-20-9-2-1-8-18(19)20/h1-2,8-9,15-17,19,21H,3-7,10-14,24H2,(H,25,26). The van der Waals surface area contributed by atoms with E-state index in [2.05, 4.69) is 23.5 Å². The van der Waals surface area contributed by atoms with Gasteiger partial charge in [0.2, 0.25) is 5.91 Å². The van der Waals surface area contributed by atoms with Crippen LogP contribution in [0, 0.1) is 17.8 Å². The fourth-order valence-electron chi connectivity index (χ4n) is 6.37. The van der Waals surface area contributed by atoms with Crippen LogP contribution in [-0.2, 0) is 4.79 Å². The minimum Gasteiger partial charge on any atom is -0.487 e. The number of carbonyl (C=O) groups is 1. The maximum atomic E-state index is 13.2. The monoisotopic (exact) mass is 368 g/mol. The molecule has 3 atom stereocenters. The van der Waals surface area contributed by atoms with Gasteiger partial charge in [-0.3, -0.25) is 4.79 Å². The first kappa shape index (κ1) is 17.5. The quantitative estimate of drug-likeness (QED) is 0.826. The van der Waals surface area contributed by atoms with Crippen molar-refractivity contribution in [3.8, 4) is 5.75 Å². The van der Waals surface area contributed by atoms with Crippen molar-refractivity contribution in [1.29, 1.82) is 0 Å². The number of hydrogen-bond donors (Lipinski definition) is 2. The summed E-state index contributed by atoms with van der Waals surface area (Å²) in [7, 11) is 0. The highest BCUT2D eigenvalue weighted by Gasteiger charge is 2.45. The molecule has 0 aromatic heterocycles. The van der Waals surface area contributed by atoms with Crippen LogP contribution >= 0.6 is 0 Å². The minimum absolute atomic E-state index is 0.0717. The Balaban J connectivity index is 1.34. The van der Waals surface area contributed by atoms with Crippen LogP contribution in [-0.4, -0.2) is 17.6 Å². The van der Waals surface area contributed by atoms with Gasteiger partial charge in [0.25, 0.3) is 0 Å². The van der Waals surface area contributed by atoms with Crippen molar-refractivity contribution in [2.75, 3.05) is 0 Å². The molecule has 4 nitrogen and oxygen atoms in total. The van der Waals surface area contributed by atoms with E-state index in [-0.39, 0.29) is 23.5 Å². The van der Waals surface area contributed by atoms with Crippen molar-refractivity contribution in [3.05, 3.63) is 29.8 Å². The maximum absolute atomic E-state index is 13.2. The zero-order valence-corrected chi connectivity index (χ0v) is 16.2. The number of para-hydroxylation sites is 1. The second-order valence-electron chi connectivity index (χ2n) is 9.49. The Hall–Kier alpha value is -1.55. The van der Waals surface area contributed by atoms with E-state index in [9.17, 15) is 4.79 Å². The average Bonchev–Trinajstić information content (AvgIpc) is 3.08. The molecule has 27 heavy (non-hydrogen) atoms.